The van der Waals surface area contributed by atoms with E-state index in [2.05, 4.69) is 15.9 Å². The summed E-state index contributed by atoms with van der Waals surface area (Å²) in [6.45, 7) is 0.247. The highest BCUT2D eigenvalue weighted by atomic mass is 79.9. The average molecular weight is 590 g/mol. The zero-order chi connectivity index (χ0) is 25.8. The van der Waals surface area contributed by atoms with Gasteiger partial charge in [-0.1, -0.05) is 41.9 Å². The van der Waals surface area contributed by atoms with E-state index >= 15 is 0 Å². The molecule has 0 unspecified atom stereocenters. The summed E-state index contributed by atoms with van der Waals surface area (Å²) in [4.78, 5) is 37.1. The molecular weight excluding hydrogens is 572 g/mol. The summed E-state index contributed by atoms with van der Waals surface area (Å²) < 4.78 is 12.0. The van der Waals surface area contributed by atoms with Crippen molar-refractivity contribution in [3.05, 3.63) is 102 Å². The van der Waals surface area contributed by atoms with E-state index in [4.69, 9.17) is 21.1 Å². The van der Waals surface area contributed by atoms with Crippen LogP contribution in [0, 0.1) is 10.1 Å². The number of thioether (sulfide) groups is 1. The van der Waals surface area contributed by atoms with Gasteiger partial charge in [0, 0.05) is 22.7 Å². The highest BCUT2D eigenvalue weighted by Gasteiger charge is 2.35. The van der Waals surface area contributed by atoms with Gasteiger partial charge >= 0.3 is 0 Å². The first kappa shape index (κ1) is 25.7. The van der Waals surface area contributed by atoms with Gasteiger partial charge in [-0.05, 0) is 63.1 Å². The average Bonchev–Trinajstić information content (AvgIpc) is 3.11. The number of nitro groups is 1. The molecule has 36 heavy (non-hydrogen) atoms. The van der Waals surface area contributed by atoms with Gasteiger partial charge in [0.25, 0.3) is 16.8 Å². The molecule has 3 aromatic rings. The van der Waals surface area contributed by atoms with Crippen molar-refractivity contribution in [3.63, 3.8) is 0 Å². The van der Waals surface area contributed by atoms with Gasteiger partial charge in [0.2, 0.25) is 0 Å². The quantitative estimate of drug-likeness (QED) is 0.161. The van der Waals surface area contributed by atoms with Crippen molar-refractivity contribution in [1.82, 2.24) is 4.90 Å². The molecule has 0 saturated carbocycles. The summed E-state index contributed by atoms with van der Waals surface area (Å²) in [5.41, 5.74) is 1.99. The molecule has 1 aliphatic rings. The number of hydrogen-bond acceptors (Lipinski definition) is 7. The number of methoxy groups -OCH3 is 1. The van der Waals surface area contributed by atoms with E-state index in [0.29, 0.717) is 32.1 Å². The number of rotatable bonds is 8. The molecule has 0 bridgehead atoms. The Morgan fingerprint density at radius 2 is 1.86 bits per heavy atom. The maximum Gasteiger partial charge on any atom is 0.293 e. The minimum atomic E-state index is -0.508. The van der Waals surface area contributed by atoms with Crippen molar-refractivity contribution < 1.29 is 24.0 Å². The van der Waals surface area contributed by atoms with Crippen LogP contribution >= 0.6 is 39.3 Å². The Kier molecular flexibility index (Phi) is 7.97. The molecule has 4 rings (SSSR count). The maximum absolute atomic E-state index is 12.9. The van der Waals surface area contributed by atoms with Gasteiger partial charge < -0.3 is 9.47 Å². The van der Waals surface area contributed by atoms with Crippen LogP contribution in [0.15, 0.2) is 70.0 Å². The van der Waals surface area contributed by atoms with Gasteiger partial charge in [0.15, 0.2) is 11.5 Å². The van der Waals surface area contributed by atoms with Gasteiger partial charge in [-0.25, -0.2) is 0 Å². The van der Waals surface area contributed by atoms with Crippen LogP contribution in [0.2, 0.25) is 5.02 Å². The Hall–Kier alpha value is -3.34. The third-order valence-electron chi connectivity index (χ3n) is 5.24. The highest BCUT2D eigenvalue weighted by Crippen LogP contribution is 2.40. The maximum atomic E-state index is 12.9. The first-order valence-electron chi connectivity index (χ1n) is 10.5. The Morgan fingerprint density at radius 3 is 2.53 bits per heavy atom. The molecule has 0 aromatic heterocycles. The molecule has 1 heterocycles. The standard InChI is InChI=1S/C25H18BrClN2O6S/c1-34-21-11-16(10-19(26)23(21)35-14-17-4-2-3-5-20(17)27)12-22-24(30)28(25(31)36-22)13-15-6-8-18(9-7-15)29(32)33/h2-12H,13-14H2,1H3/b22-12-. The van der Waals surface area contributed by atoms with Gasteiger partial charge in [-0.3, -0.25) is 24.6 Å². The highest BCUT2D eigenvalue weighted by molar-refractivity contribution is 9.10. The predicted molar refractivity (Wildman–Crippen MR) is 141 cm³/mol. The molecule has 1 fully saturated rings. The number of non-ortho nitro benzene ring substituents is 1. The molecule has 1 aliphatic heterocycles. The number of benzene rings is 3. The second kappa shape index (κ2) is 11.2. The molecule has 0 atom stereocenters. The Bertz CT molecular complexity index is 1380. The zero-order valence-corrected chi connectivity index (χ0v) is 21.9. The van der Waals surface area contributed by atoms with Gasteiger partial charge in [-0.2, -0.15) is 0 Å². The molecule has 2 amide bonds. The van der Waals surface area contributed by atoms with E-state index in [1.807, 2.05) is 18.2 Å². The first-order valence-corrected chi connectivity index (χ1v) is 12.5. The number of carbonyl (C=O) groups excluding carboxylic acids is 2. The number of halogens is 2. The number of nitrogens with zero attached hydrogens (tertiary/aromatic N) is 2. The minimum Gasteiger partial charge on any atom is -0.493 e. The summed E-state index contributed by atoms with van der Waals surface area (Å²) in [7, 11) is 1.51. The lowest BCUT2D eigenvalue weighted by Crippen LogP contribution is -2.27. The molecule has 8 nitrogen and oxygen atoms in total. The molecule has 3 aromatic carbocycles. The van der Waals surface area contributed by atoms with Gasteiger partial charge in [0.1, 0.15) is 6.61 Å². The van der Waals surface area contributed by atoms with Gasteiger partial charge in [0.05, 0.1) is 28.0 Å². The third-order valence-corrected chi connectivity index (χ3v) is 7.11. The van der Waals surface area contributed by atoms with Gasteiger partial charge in [-0.15, -0.1) is 0 Å². The lowest BCUT2D eigenvalue weighted by molar-refractivity contribution is -0.384. The SMILES string of the molecule is COc1cc(/C=C2\SC(=O)N(Cc3ccc([N+](=O)[O-])cc3)C2=O)cc(Br)c1OCc1ccccc1Cl. The fraction of sp³-hybridized carbons (Fsp3) is 0.120. The second-order valence-electron chi connectivity index (χ2n) is 7.61. The Morgan fingerprint density at radius 1 is 1.14 bits per heavy atom. The van der Waals surface area contributed by atoms with Crippen LogP contribution in [0.3, 0.4) is 0 Å². The summed E-state index contributed by atoms with van der Waals surface area (Å²) in [5.74, 6) is 0.464. The third kappa shape index (κ3) is 5.72. The summed E-state index contributed by atoms with van der Waals surface area (Å²) in [6, 6.07) is 16.5. The van der Waals surface area contributed by atoms with E-state index < -0.39 is 16.1 Å². The van der Waals surface area contributed by atoms with E-state index in [9.17, 15) is 19.7 Å². The lowest BCUT2D eigenvalue weighted by Gasteiger charge is -2.14. The van der Waals surface area contributed by atoms with Crippen molar-refractivity contribution >= 4 is 62.2 Å². The molecule has 0 aliphatic carbocycles. The van der Waals surface area contributed by atoms with E-state index in [1.165, 1.54) is 31.4 Å². The summed E-state index contributed by atoms with van der Waals surface area (Å²) >= 11 is 10.5. The lowest BCUT2D eigenvalue weighted by atomic mass is 10.1. The number of nitro benzene ring substituents is 1. The fourth-order valence-corrected chi connectivity index (χ4v) is 5.02. The van der Waals surface area contributed by atoms with Crippen LogP contribution in [-0.4, -0.2) is 28.1 Å². The van der Waals surface area contributed by atoms with E-state index in [0.717, 1.165) is 22.2 Å². The zero-order valence-electron chi connectivity index (χ0n) is 18.8. The predicted octanol–water partition coefficient (Wildman–Crippen LogP) is 6.83. The van der Waals surface area contributed by atoms with Crippen LogP contribution in [-0.2, 0) is 17.9 Å². The largest absolute Gasteiger partial charge is 0.493 e. The van der Waals surface area contributed by atoms with Crippen LogP contribution in [0.25, 0.3) is 6.08 Å². The number of ether oxygens (including phenoxy) is 2. The van der Waals surface area contributed by atoms with Crippen molar-refractivity contribution in [2.24, 2.45) is 0 Å². The first-order chi connectivity index (χ1) is 17.3. The number of carbonyl (C=O) groups is 2. The van der Waals surface area contributed by atoms with Crippen molar-refractivity contribution in [2.45, 2.75) is 13.2 Å². The number of hydrogen-bond donors (Lipinski definition) is 0. The Balaban J connectivity index is 1.52. The molecule has 0 spiro atoms. The second-order valence-corrected chi connectivity index (χ2v) is 9.86. The fourth-order valence-electron chi connectivity index (χ4n) is 3.42. The van der Waals surface area contributed by atoms with Crippen LogP contribution in [0.5, 0.6) is 11.5 Å². The minimum absolute atomic E-state index is 0.0157. The number of amides is 2. The smallest absolute Gasteiger partial charge is 0.293 e. The molecule has 1 saturated heterocycles. The molecule has 184 valence electrons. The van der Waals surface area contributed by atoms with Crippen LogP contribution in [0.1, 0.15) is 16.7 Å². The topological polar surface area (TPSA) is 99.0 Å². The molecule has 0 N–H and O–H groups in total. The normalized spacial score (nSPS) is 14.4. The molecule has 11 heteroatoms. The van der Waals surface area contributed by atoms with Crippen molar-refractivity contribution in [1.29, 1.82) is 0 Å². The van der Waals surface area contributed by atoms with E-state index in [-0.39, 0.29) is 23.7 Å². The Labute approximate surface area is 224 Å². The van der Waals surface area contributed by atoms with Crippen LogP contribution in [0.4, 0.5) is 10.5 Å². The van der Waals surface area contributed by atoms with Crippen LogP contribution < -0.4 is 9.47 Å². The van der Waals surface area contributed by atoms with Crippen molar-refractivity contribution in [2.75, 3.05) is 7.11 Å². The van der Waals surface area contributed by atoms with E-state index in [1.54, 1.807) is 24.3 Å². The summed E-state index contributed by atoms with van der Waals surface area (Å²) in [6.07, 6.45) is 1.60. The molecule has 0 radical (unpaired) electrons. The monoisotopic (exact) mass is 588 g/mol. The number of imide groups is 1. The summed E-state index contributed by atoms with van der Waals surface area (Å²) in [5, 5.41) is 11.0. The van der Waals surface area contributed by atoms with Crippen molar-refractivity contribution in [3.8, 4) is 11.5 Å². The molecular formula is C25H18BrClN2O6S.